The molecule has 0 bridgehead atoms. The van der Waals surface area contributed by atoms with Gasteiger partial charge in [0, 0.05) is 25.0 Å². The molecule has 2 aromatic carbocycles. The fourth-order valence-corrected chi connectivity index (χ4v) is 2.51. The number of imidazole rings is 1. The highest BCUT2D eigenvalue weighted by Crippen LogP contribution is 2.20. The van der Waals surface area contributed by atoms with Gasteiger partial charge in [0.15, 0.2) is 0 Å². The number of nitrogens with zero attached hydrogens (tertiary/aromatic N) is 3. The number of nitrogens with one attached hydrogen (secondary N) is 1. The number of carbonyl (C=O) groups excluding carboxylic acids is 1. The fraction of sp³-hybridized carbons (Fsp3) is 0.105. The molecule has 1 heterocycles. The summed E-state index contributed by atoms with van der Waals surface area (Å²) in [5.41, 5.74) is 1.98. The Morgan fingerprint density at radius 3 is 2.46 bits per heavy atom. The Labute approximate surface area is 140 Å². The van der Waals surface area contributed by atoms with Crippen molar-refractivity contribution in [2.24, 2.45) is 7.05 Å². The van der Waals surface area contributed by atoms with Gasteiger partial charge in [0.1, 0.15) is 11.9 Å². The van der Waals surface area contributed by atoms with Crippen molar-refractivity contribution in [2.75, 3.05) is 0 Å². The highest BCUT2D eigenvalue weighted by molar-refractivity contribution is 5.94. The van der Waals surface area contributed by atoms with E-state index < -0.39 is 0 Å². The smallest absolute Gasteiger partial charge is 0.252 e. The Bertz CT molecular complexity index is 876. The summed E-state index contributed by atoms with van der Waals surface area (Å²) in [5.74, 6) is 0.541. The minimum absolute atomic E-state index is 0.212. The minimum Gasteiger partial charge on any atom is -0.338 e. The molecular formula is C19H16N4O. The lowest BCUT2D eigenvalue weighted by Gasteiger charge is -2.19. The molecular weight excluding hydrogens is 300 g/mol. The van der Waals surface area contributed by atoms with E-state index in [1.54, 1.807) is 30.5 Å². The Morgan fingerprint density at radius 2 is 1.88 bits per heavy atom. The number of hydrogen-bond donors (Lipinski definition) is 1. The third-order valence-corrected chi connectivity index (χ3v) is 3.80. The molecule has 0 saturated heterocycles. The van der Waals surface area contributed by atoms with Crippen LogP contribution in [0.15, 0.2) is 67.0 Å². The molecule has 0 unspecified atom stereocenters. The van der Waals surface area contributed by atoms with Crippen LogP contribution in [-0.4, -0.2) is 15.5 Å². The fourth-order valence-electron chi connectivity index (χ4n) is 2.51. The molecule has 0 aliphatic carbocycles. The SMILES string of the molecule is Cn1ccnc1[C@H](NC(=O)c1ccc(C#N)cc1)c1ccccc1. The van der Waals surface area contributed by atoms with Gasteiger partial charge in [0.05, 0.1) is 11.6 Å². The largest absolute Gasteiger partial charge is 0.338 e. The van der Waals surface area contributed by atoms with Gasteiger partial charge in [-0.15, -0.1) is 0 Å². The van der Waals surface area contributed by atoms with Crippen molar-refractivity contribution in [3.63, 3.8) is 0 Å². The second kappa shape index (κ2) is 6.80. The summed E-state index contributed by atoms with van der Waals surface area (Å²) in [6.07, 6.45) is 3.55. The Morgan fingerprint density at radius 1 is 1.17 bits per heavy atom. The first-order valence-corrected chi connectivity index (χ1v) is 7.52. The number of hydrogen-bond acceptors (Lipinski definition) is 3. The van der Waals surface area contributed by atoms with Crippen LogP contribution in [0.5, 0.6) is 0 Å². The summed E-state index contributed by atoms with van der Waals surface area (Å²) < 4.78 is 1.89. The van der Waals surface area contributed by atoms with Crippen LogP contribution < -0.4 is 5.32 Å². The normalized spacial score (nSPS) is 11.5. The van der Waals surface area contributed by atoms with Gasteiger partial charge in [0.2, 0.25) is 0 Å². The molecule has 118 valence electrons. The summed E-state index contributed by atoms with van der Waals surface area (Å²) >= 11 is 0. The van der Waals surface area contributed by atoms with Crippen molar-refractivity contribution in [3.05, 3.63) is 89.5 Å². The maximum absolute atomic E-state index is 12.6. The summed E-state index contributed by atoms with van der Waals surface area (Å²) in [4.78, 5) is 17.0. The summed E-state index contributed by atoms with van der Waals surface area (Å²) in [6, 6.07) is 18.0. The molecule has 0 saturated carbocycles. The average molecular weight is 316 g/mol. The number of rotatable bonds is 4. The molecule has 1 aromatic heterocycles. The predicted octanol–water partition coefficient (Wildman–Crippen LogP) is 2.81. The maximum Gasteiger partial charge on any atom is 0.252 e. The molecule has 5 nitrogen and oxygen atoms in total. The molecule has 24 heavy (non-hydrogen) atoms. The van der Waals surface area contributed by atoms with Crippen molar-refractivity contribution >= 4 is 5.91 Å². The Kier molecular flexibility index (Phi) is 4.39. The van der Waals surface area contributed by atoms with E-state index in [0.29, 0.717) is 11.1 Å². The molecule has 0 aliphatic heterocycles. The van der Waals surface area contributed by atoms with E-state index in [1.807, 2.05) is 54.2 Å². The number of nitriles is 1. The maximum atomic E-state index is 12.6. The predicted molar refractivity (Wildman–Crippen MR) is 90.1 cm³/mol. The quantitative estimate of drug-likeness (QED) is 0.804. The number of carbonyl (C=O) groups is 1. The van der Waals surface area contributed by atoms with Gasteiger partial charge in [0.25, 0.3) is 5.91 Å². The first kappa shape index (κ1) is 15.5. The van der Waals surface area contributed by atoms with Gasteiger partial charge in [-0.1, -0.05) is 30.3 Å². The van der Waals surface area contributed by atoms with Crippen molar-refractivity contribution in [1.29, 1.82) is 5.26 Å². The summed E-state index contributed by atoms with van der Waals surface area (Å²) in [5, 5.41) is 11.9. The number of aryl methyl sites for hydroxylation is 1. The van der Waals surface area contributed by atoms with Crippen molar-refractivity contribution in [3.8, 4) is 6.07 Å². The van der Waals surface area contributed by atoms with E-state index in [-0.39, 0.29) is 11.9 Å². The number of aromatic nitrogens is 2. The highest BCUT2D eigenvalue weighted by atomic mass is 16.1. The monoisotopic (exact) mass is 316 g/mol. The molecule has 3 aromatic rings. The summed E-state index contributed by atoms with van der Waals surface area (Å²) in [6.45, 7) is 0. The average Bonchev–Trinajstić information content (AvgIpc) is 3.06. The highest BCUT2D eigenvalue weighted by Gasteiger charge is 2.21. The van der Waals surface area contributed by atoms with Gasteiger partial charge in [-0.25, -0.2) is 4.98 Å². The number of amides is 1. The lowest BCUT2D eigenvalue weighted by molar-refractivity contribution is 0.0941. The van der Waals surface area contributed by atoms with Gasteiger partial charge in [-0.3, -0.25) is 4.79 Å². The Balaban J connectivity index is 1.91. The van der Waals surface area contributed by atoms with Crippen molar-refractivity contribution in [2.45, 2.75) is 6.04 Å². The van der Waals surface area contributed by atoms with Crippen LogP contribution in [0.4, 0.5) is 0 Å². The van der Waals surface area contributed by atoms with E-state index in [9.17, 15) is 4.79 Å². The zero-order valence-corrected chi connectivity index (χ0v) is 13.2. The van der Waals surface area contributed by atoms with E-state index >= 15 is 0 Å². The van der Waals surface area contributed by atoms with Gasteiger partial charge >= 0.3 is 0 Å². The minimum atomic E-state index is -0.352. The van der Waals surface area contributed by atoms with Crippen molar-refractivity contribution in [1.82, 2.24) is 14.9 Å². The van der Waals surface area contributed by atoms with Crippen LogP contribution in [0.3, 0.4) is 0 Å². The van der Waals surface area contributed by atoms with Crippen molar-refractivity contribution < 1.29 is 4.79 Å². The van der Waals surface area contributed by atoms with E-state index in [1.165, 1.54) is 0 Å². The van der Waals surface area contributed by atoms with Crippen LogP contribution in [0.25, 0.3) is 0 Å². The molecule has 0 fully saturated rings. The van der Waals surface area contributed by atoms with Crippen LogP contribution >= 0.6 is 0 Å². The molecule has 0 spiro atoms. The third kappa shape index (κ3) is 3.18. The second-order valence-corrected chi connectivity index (χ2v) is 5.40. The zero-order chi connectivity index (χ0) is 16.9. The molecule has 5 heteroatoms. The van der Waals surface area contributed by atoms with Crippen LogP contribution in [0.2, 0.25) is 0 Å². The third-order valence-electron chi connectivity index (χ3n) is 3.80. The molecule has 1 amide bonds. The van der Waals surface area contributed by atoms with E-state index in [2.05, 4.69) is 10.3 Å². The van der Waals surface area contributed by atoms with Gasteiger partial charge in [-0.05, 0) is 29.8 Å². The lowest BCUT2D eigenvalue weighted by atomic mass is 10.0. The first-order chi connectivity index (χ1) is 11.7. The van der Waals surface area contributed by atoms with Crippen LogP contribution in [-0.2, 0) is 7.05 Å². The van der Waals surface area contributed by atoms with Crippen LogP contribution in [0, 0.1) is 11.3 Å². The van der Waals surface area contributed by atoms with E-state index in [4.69, 9.17) is 5.26 Å². The van der Waals surface area contributed by atoms with Crippen LogP contribution in [0.1, 0.15) is 33.4 Å². The topological polar surface area (TPSA) is 70.7 Å². The first-order valence-electron chi connectivity index (χ1n) is 7.52. The van der Waals surface area contributed by atoms with Gasteiger partial charge < -0.3 is 9.88 Å². The molecule has 0 aliphatic rings. The second-order valence-electron chi connectivity index (χ2n) is 5.40. The number of benzene rings is 2. The molecule has 1 N–H and O–H groups in total. The molecule has 0 radical (unpaired) electrons. The Hall–Kier alpha value is -3.39. The summed E-state index contributed by atoms with van der Waals surface area (Å²) in [7, 11) is 1.89. The molecule has 3 rings (SSSR count). The van der Waals surface area contributed by atoms with Gasteiger partial charge in [-0.2, -0.15) is 5.26 Å². The standard InChI is InChI=1S/C19H16N4O/c1-23-12-11-21-18(23)17(15-5-3-2-4-6-15)22-19(24)16-9-7-14(13-20)8-10-16/h2-12,17H,1H3,(H,22,24)/t17-/m1/s1. The lowest BCUT2D eigenvalue weighted by Crippen LogP contribution is -2.31. The zero-order valence-electron chi connectivity index (χ0n) is 13.2. The molecule has 1 atom stereocenters. The van der Waals surface area contributed by atoms with E-state index in [0.717, 1.165) is 11.4 Å².